The highest BCUT2D eigenvalue weighted by Crippen LogP contribution is 2.30. The summed E-state index contributed by atoms with van der Waals surface area (Å²) >= 11 is 0. The minimum absolute atomic E-state index is 0.298. The molecule has 1 rings (SSSR count). The van der Waals surface area contributed by atoms with Crippen LogP contribution in [0.3, 0.4) is 0 Å². The van der Waals surface area contributed by atoms with Crippen molar-refractivity contribution in [1.82, 2.24) is 4.90 Å². The minimum Gasteiger partial charge on any atom is -0.383 e. The van der Waals surface area contributed by atoms with Gasteiger partial charge in [-0.1, -0.05) is 13.8 Å². The van der Waals surface area contributed by atoms with Crippen molar-refractivity contribution in [3.8, 4) is 0 Å². The Morgan fingerprint density at radius 3 is 2.35 bits per heavy atom. The quantitative estimate of drug-likeness (QED) is 0.744. The molecular formula is C16H32N2O2. The van der Waals surface area contributed by atoms with Crippen LogP contribution in [0.15, 0.2) is 0 Å². The summed E-state index contributed by atoms with van der Waals surface area (Å²) in [5.74, 6) is 2.04. The van der Waals surface area contributed by atoms with Gasteiger partial charge in [0, 0.05) is 26.6 Å². The number of carbonyl (C=O) groups is 1. The molecule has 1 aliphatic carbocycles. The molecule has 0 bridgehead atoms. The van der Waals surface area contributed by atoms with E-state index in [-0.39, 0.29) is 0 Å². The summed E-state index contributed by atoms with van der Waals surface area (Å²) < 4.78 is 5.11. The fraction of sp³-hybridized carbons (Fsp3) is 0.938. The van der Waals surface area contributed by atoms with Crippen LogP contribution in [0.5, 0.6) is 0 Å². The van der Waals surface area contributed by atoms with Gasteiger partial charge in [0.1, 0.15) is 0 Å². The molecule has 0 aromatic carbocycles. The molecule has 118 valence electrons. The van der Waals surface area contributed by atoms with Crippen LogP contribution in [-0.2, 0) is 9.53 Å². The third-order valence-electron chi connectivity index (χ3n) is 4.27. The molecule has 0 atom stereocenters. The van der Waals surface area contributed by atoms with E-state index >= 15 is 0 Å². The Kier molecular flexibility index (Phi) is 8.15. The van der Waals surface area contributed by atoms with Gasteiger partial charge in [-0.3, -0.25) is 4.79 Å². The van der Waals surface area contributed by atoms with E-state index in [0.29, 0.717) is 43.2 Å². The van der Waals surface area contributed by atoms with Crippen molar-refractivity contribution < 1.29 is 9.53 Å². The zero-order valence-electron chi connectivity index (χ0n) is 13.4. The van der Waals surface area contributed by atoms with Gasteiger partial charge in [-0.15, -0.1) is 0 Å². The molecule has 20 heavy (non-hydrogen) atoms. The first kappa shape index (κ1) is 17.4. The summed E-state index contributed by atoms with van der Waals surface area (Å²) in [7, 11) is 1.69. The van der Waals surface area contributed by atoms with Crippen LogP contribution in [-0.4, -0.2) is 44.2 Å². The molecular weight excluding hydrogens is 252 g/mol. The second-order valence-corrected chi connectivity index (χ2v) is 6.55. The maximum absolute atomic E-state index is 12.4. The third kappa shape index (κ3) is 6.23. The summed E-state index contributed by atoms with van der Waals surface area (Å²) in [6.07, 6.45) is 5.40. The van der Waals surface area contributed by atoms with Gasteiger partial charge in [-0.2, -0.15) is 0 Å². The third-order valence-corrected chi connectivity index (χ3v) is 4.27. The van der Waals surface area contributed by atoms with Gasteiger partial charge >= 0.3 is 0 Å². The van der Waals surface area contributed by atoms with Gasteiger partial charge in [0.05, 0.1) is 6.61 Å². The molecule has 0 heterocycles. The van der Waals surface area contributed by atoms with Crippen LogP contribution in [0.4, 0.5) is 0 Å². The normalized spacial score (nSPS) is 23.1. The van der Waals surface area contributed by atoms with Crippen LogP contribution >= 0.6 is 0 Å². The second kappa shape index (κ2) is 9.35. The Bertz CT molecular complexity index is 274. The summed E-state index contributed by atoms with van der Waals surface area (Å²) in [4.78, 5) is 14.4. The highest BCUT2D eigenvalue weighted by molar-refractivity contribution is 5.76. The van der Waals surface area contributed by atoms with Crippen LogP contribution in [0, 0.1) is 17.8 Å². The Morgan fingerprint density at radius 2 is 1.85 bits per heavy atom. The molecule has 1 amide bonds. The Balaban J connectivity index is 2.40. The first-order valence-corrected chi connectivity index (χ1v) is 8.03. The first-order chi connectivity index (χ1) is 9.56. The molecule has 0 aliphatic heterocycles. The van der Waals surface area contributed by atoms with Crippen molar-refractivity contribution in [3.05, 3.63) is 0 Å². The van der Waals surface area contributed by atoms with Crippen LogP contribution < -0.4 is 5.73 Å². The number of hydrogen-bond acceptors (Lipinski definition) is 3. The molecule has 0 radical (unpaired) electrons. The van der Waals surface area contributed by atoms with E-state index in [2.05, 4.69) is 13.8 Å². The van der Waals surface area contributed by atoms with E-state index < -0.39 is 0 Å². The maximum Gasteiger partial charge on any atom is 0.222 e. The number of methoxy groups -OCH3 is 1. The maximum atomic E-state index is 12.4. The monoisotopic (exact) mass is 284 g/mol. The second-order valence-electron chi connectivity index (χ2n) is 6.55. The van der Waals surface area contributed by atoms with Gasteiger partial charge in [0.15, 0.2) is 0 Å². The smallest absolute Gasteiger partial charge is 0.222 e. The summed E-state index contributed by atoms with van der Waals surface area (Å²) in [5.41, 5.74) is 5.72. The lowest BCUT2D eigenvalue weighted by atomic mass is 9.80. The molecule has 0 aromatic rings. The van der Waals surface area contributed by atoms with Crippen molar-refractivity contribution >= 4 is 5.91 Å². The van der Waals surface area contributed by atoms with E-state index in [9.17, 15) is 4.79 Å². The number of hydrogen-bond donors (Lipinski definition) is 1. The Morgan fingerprint density at radius 1 is 1.25 bits per heavy atom. The Labute approximate surface area is 124 Å². The molecule has 0 aromatic heterocycles. The molecule has 0 unspecified atom stereocenters. The lowest BCUT2D eigenvalue weighted by molar-refractivity contribution is -0.133. The van der Waals surface area contributed by atoms with E-state index in [1.165, 1.54) is 12.8 Å². The zero-order chi connectivity index (χ0) is 15.0. The molecule has 0 spiro atoms. The largest absolute Gasteiger partial charge is 0.383 e. The van der Waals surface area contributed by atoms with Crippen LogP contribution in [0.25, 0.3) is 0 Å². The number of ether oxygens (including phenoxy) is 1. The SMILES string of the molecule is COCCN(CC(C)C)C(=O)CC1CCC(CN)CC1. The van der Waals surface area contributed by atoms with Crippen molar-refractivity contribution in [1.29, 1.82) is 0 Å². The number of rotatable bonds is 8. The fourth-order valence-corrected chi connectivity index (χ4v) is 3.01. The number of nitrogens with two attached hydrogens (primary N) is 1. The van der Waals surface area contributed by atoms with E-state index in [0.717, 1.165) is 25.9 Å². The summed E-state index contributed by atoms with van der Waals surface area (Å²) in [6.45, 7) is 7.28. The average molecular weight is 284 g/mol. The Hall–Kier alpha value is -0.610. The average Bonchev–Trinajstić information content (AvgIpc) is 2.43. The van der Waals surface area contributed by atoms with E-state index in [1.807, 2.05) is 4.90 Å². The number of nitrogens with zero attached hydrogens (tertiary/aromatic N) is 1. The molecule has 1 fully saturated rings. The van der Waals surface area contributed by atoms with Crippen molar-refractivity contribution in [3.63, 3.8) is 0 Å². The van der Waals surface area contributed by atoms with Crippen LogP contribution in [0.1, 0.15) is 46.0 Å². The fourth-order valence-electron chi connectivity index (χ4n) is 3.01. The van der Waals surface area contributed by atoms with Gasteiger partial charge < -0.3 is 15.4 Å². The van der Waals surface area contributed by atoms with Gasteiger partial charge in [0.2, 0.25) is 5.91 Å². The van der Waals surface area contributed by atoms with Crippen molar-refractivity contribution in [2.45, 2.75) is 46.0 Å². The predicted octanol–water partition coefficient (Wildman–Crippen LogP) is 2.27. The zero-order valence-corrected chi connectivity index (χ0v) is 13.4. The molecule has 1 aliphatic rings. The van der Waals surface area contributed by atoms with Gasteiger partial charge in [-0.05, 0) is 50.0 Å². The van der Waals surface area contributed by atoms with E-state index in [1.54, 1.807) is 7.11 Å². The van der Waals surface area contributed by atoms with Crippen LogP contribution in [0.2, 0.25) is 0 Å². The standard InChI is InChI=1S/C16H32N2O2/c1-13(2)12-18(8-9-20-3)16(19)10-14-4-6-15(11-17)7-5-14/h13-15H,4-12,17H2,1-3H3. The highest BCUT2D eigenvalue weighted by atomic mass is 16.5. The van der Waals surface area contributed by atoms with E-state index in [4.69, 9.17) is 10.5 Å². The van der Waals surface area contributed by atoms with Gasteiger partial charge in [0.25, 0.3) is 0 Å². The molecule has 4 heteroatoms. The molecule has 4 nitrogen and oxygen atoms in total. The summed E-state index contributed by atoms with van der Waals surface area (Å²) in [6, 6.07) is 0. The first-order valence-electron chi connectivity index (χ1n) is 8.03. The molecule has 1 saturated carbocycles. The number of carbonyl (C=O) groups excluding carboxylic acids is 1. The predicted molar refractivity (Wildman–Crippen MR) is 82.4 cm³/mol. The molecule has 2 N–H and O–H groups in total. The van der Waals surface area contributed by atoms with Crippen molar-refractivity contribution in [2.24, 2.45) is 23.5 Å². The topological polar surface area (TPSA) is 55.6 Å². The van der Waals surface area contributed by atoms with Crippen molar-refractivity contribution in [2.75, 3.05) is 33.4 Å². The summed E-state index contributed by atoms with van der Waals surface area (Å²) in [5, 5.41) is 0. The molecule has 0 saturated heterocycles. The number of amides is 1. The lowest BCUT2D eigenvalue weighted by Gasteiger charge is -2.30. The highest BCUT2D eigenvalue weighted by Gasteiger charge is 2.24. The lowest BCUT2D eigenvalue weighted by Crippen LogP contribution is -2.38. The minimum atomic E-state index is 0.298. The van der Waals surface area contributed by atoms with Gasteiger partial charge in [-0.25, -0.2) is 0 Å².